The first-order valence-electron chi connectivity index (χ1n) is 5.52. The number of aryl methyl sites for hydroxylation is 2. The zero-order valence-corrected chi connectivity index (χ0v) is 11.6. The minimum absolute atomic E-state index is 0.0397. The lowest BCUT2D eigenvalue weighted by atomic mass is 10.1. The zero-order chi connectivity index (χ0) is 12.1. The van der Waals surface area contributed by atoms with E-state index in [9.17, 15) is 4.79 Å². The van der Waals surface area contributed by atoms with Crippen LogP contribution in [-0.2, 0) is 0 Å². The molecule has 0 spiro atoms. The molecule has 1 N–H and O–H groups in total. The van der Waals surface area contributed by atoms with Gasteiger partial charge in [0.15, 0.2) is 0 Å². The minimum atomic E-state index is -0.0397. The number of rotatable bonds is 5. The summed E-state index contributed by atoms with van der Waals surface area (Å²) < 4.78 is 5.34. The summed E-state index contributed by atoms with van der Waals surface area (Å²) in [5.41, 5.74) is 0.644. The van der Waals surface area contributed by atoms with Crippen LogP contribution in [0.25, 0.3) is 0 Å². The Morgan fingerprint density at radius 3 is 2.69 bits per heavy atom. The molecule has 1 aromatic rings. The van der Waals surface area contributed by atoms with Gasteiger partial charge in [-0.25, -0.2) is 0 Å². The summed E-state index contributed by atoms with van der Waals surface area (Å²) in [6, 6.07) is 2.01. The van der Waals surface area contributed by atoms with Gasteiger partial charge in [0.25, 0.3) is 5.91 Å². The van der Waals surface area contributed by atoms with Gasteiger partial charge >= 0.3 is 0 Å². The van der Waals surface area contributed by atoms with Crippen LogP contribution in [0.2, 0.25) is 0 Å². The Hall–Kier alpha value is -0.770. The van der Waals surface area contributed by atoms with E-state index in [0.717, 1.165) is 23.9 Å². The number of hydrogen-bond donors (Lipinski definition) is 1. The average Bonchev–Trinajstić information content (AvgIpc) is 2.57. The second-order valence-corrected chi connectivity index (χ2v) is 4.68. The van der Waals surface area contributed by atoms with E-state index in [1.807, 2.05) is 13.8 Å². The molecule has 0 fully saturated rings. The second kappa shape index (κ2) is 6.09. The molecule has 0 aliphatic heterocycles. The Kier molecular flexibility index (Phi) is 5.06. The Balaban J connectivity index is 2.67. The minimum Gasteiger partial charge on any atom is -0.466 e. The Morgan fingerprint density at radius 2 is 2.25 bits per heavy atom. The highest BCUT2D eigenvalue weighted by Crippen LogP contribution is 2.14. The normalized spacial score (nSPS) is 12.5. The van der Waals surface area contributed by atoms with Crippen LogP contribution in [0.15, 0.2) is 10.5 Å². The molecule has 0 saturated carbocycles. The van der Waals surface area contributed by atoms with E-state index in [4.69, 9.17) is 4.42 Å². The van der Waals surface area contributed by atoms with Crippen molar-refractivity contribution in [2.75, 3.05) is 5.33 Å². The third-order valence-corrected chi connectivity index (χ3v) is 3.03. The van der Waals surface area contributed by atoms with Crippen molar-refractivity contribution in [3.63, 3.8) is 0 Å². The second-order valence-electron chi connectivity index (χ2n) is 3.88. The van der Waals surface area contributed by atoms with E-state index in [2.05, 4.69) is 28.2 Å². The predicted molar refractivity (Wildman–Crippen MR) is 68.1 cm³/mol. The molecule has 1 rings (SSSR count). The first kappa shape index (κ1) is 13.3. The first-order valence-corrected chi connectivity index (χ1v) is 6.64. The van der Waals surface area contributed by atoms with Gasteiger partial charge in [-0.15, -0.1) is 0 Å². The highest BCUT2D eigenvalue weighted by atomic mass is 79.9. The largest absolute Gasteiger partial charge is 0.466 e. The highest BCUT2D eigenvalue weighted by molar-refractivity contribution is 9.09. The SMILES string of the molecule is CCC(CCBr)NC(=O)c1cc(C)oc1C. The molecular formula is C12H18BrNO2. The molecule has 0 aliphatic carbocycles. The number of nitrogens with one attached hydrogen (secondary N) is 1. The fraction of sp³-hybridized carbons (Fsp3) is 0.583. The molecule has 1 unspecified atom stereocenters. The first-order chi connectivity index (χ1) is 7.58. The lowest BCUT2D eigenvalue weighted by Gasteiger charge is -2.15. The van der Waals surface area contributed by atoms with E-state index in [1.165, 1.54) is 0 Å². The molecule has 16 heavy (non-hydrogen) atoms. The van der Waals surface area contributed by atoms with Gasteiger partial charge in [-0.1, -0.05) is 22.9 Å². The molecule has 3 nitrogen and oxygen atoms in total. The summed E-state index contributed by atoms with van der Waals surface area (Å²) in [6.45, 7) is 5.73. The van der Waals surface area contributed by atoms with Gasteiger partial charge in [-0.2, -0.15) is 0 Å². The number of amides is 1. The molecule has 0 aliphatic rings. The molecule has 4 heteroatoms. The van der Waals surface area contributed by atoms with Crippen LogP contribution in [0.4, 0.5) is 0 Å². The van der Waals surface area contributed by atoms with E-state index >= 15 is 0 Å². The number of carbonyl (C=O) groups is 1. The standard InChI is InChI=1S/C12H18BrNO2/c1-4-10(5-6-13)14-12(15)11-7-8(2)16-9(11)3/h7,10H,4-6H2,1-3H3,(H,14,15). The summed E-state index contributed by atoms with van der Waals surface area (Å²) in [7, 11) is 0. The van der Waals surface area contributed by atoms with E-state index < -0.39 is 0 Å². The van der Waals surface area contributed by atoms with Crippen LogP contribution in [0, 0.1) is 13.8 Å². The average molecular weight is 288 g/mol. The highest BCUT2D eigenvalue weighted by Gasteiger charge is 2.16. The monoisotopic (exact) mass is 287 g/mol. The smallest absolute Gasteiger partial charge is 0.255 e. The Bertz CT molecular complexity index is 360. The van der Waals surface area contributed by atoms with Gasteiger partial charge in [0.05, 0.1) is 5.56 Å². The maximum absolute atomic E-state index is 11.9. The van der Waals surface area contributed by atoms with Gasteiger partial charge in [-0.05, 0) is 32.8 Å². The van der Waals surface area contributed by atoms with Crippen LogP contribution >= 0.6 is 15.9 Å². The van der Waals surface area contributed by atoms with Crippen molar-refractivity contribution in [3.8, 4) is 0 Å². The molecule has 0 bridgehead atoms. The summed E-state index contributed by atoms with van der Waals surface area (Å²) >= 11 is 3.39. The Morgan fingerprint density at radius 1 is 1.56 bits per heavy atom. The number of carbonyl (C=O) groups excluding carboxylic acids is 1. The van der Waals surface area contributed by atoms with Crippen molar-refractivity contribution in [1.82, 2.24) is 5.32 Å². The molecule has 0 radical (unpaired) electrons. The molecule has 1 atom stereocenters. The molecule has 0 saturated heterocycles. The number of alkyl halides is 1. The fourth-order valence-corrected chi connectivity index (χ4v) is 2.18. The molecule has 0 aromatic carbocycles. The van der Waals surface area contributed by atoms with Crippen molar-refractivity contribution in [2.45, 2.75) is 39.7 Å². The fourth-order valence-electron chi connectivity index (χ4n) is 1.63. The van der Waals surface area contributed by atoms with Crippen LogP contribution < -0.4 is 5.32 Å². The topological polar surface area (TPSA) is 42.2 Å². The van der Waals surface area contributed by atoms with Gasteiger partial charge in [0, 0.05) is 11.4 Å². The lowest BCUT2D eigenvalue weighted by molar-refractivity contribution is 0.0933. The van der Waals surface area contributed by atoms with Crippen molar-refractivity contribution in [1.29, 1.82) is 0 Å². The van der Waals surface area contributed by atoms with Crippen molar-refractivity contribution in [2.24, 2.45) is 0 Å². The summed E-state index contributed by atoms with van der Waals surface area (Å²) in [4.78, 5) is 11.9. The van der Waals surface area contributed by atoms with Crippen molar-refractivity contribution < 1.29 is 9.21 Å². The molecule has 1 heterocycles. The van der Waals surface area contributed by atoms with Crippen molar-refractivity contribution >= 4 is 21.8 Å². The number of hydrogen-bond acceptors (Lipinski definition) is 2. The third-order valence-electron chi connectivity index (χ3n) is 2.57. The van der Waals surface area contributed by atoms with Crippen LogP contribution in [0.1, 0.15) is 41.6 Å². The molecule has 1 amide bonds. The third kappa shape index (κ3) is 3.37. The zero-order valence-electron chi connectivity index (χ0n) is 9.97. The van der Waals surface area contributed by atoms with Gasteiger partial charge in [0.2, 0.25) is 0 Å². The quantitative estimate of drug-likeness (QED) is 0.845. The van der Waals surface area contributed by atoms with Crippen LogP contribution in [0.5, 0.6) is 0 Å². The predicted octanol–water partition coefficient (Wildman–Crippen LogP) is 3.19. The van der Waals surface area contributed by atoms with Gasteiger partial charge < -0.3 is 9.73 Å². The van der Waals surface area contributed by atoms with E-state index in [0.29, 0.717) is 11.3 Å². The maximum atomic E-state index is 11.9. The maximum Gasteiger partial charge on any atom is 0.255 e. The summed E-state index contributed by atoms with van der Waals surface area (Å²) in [5, 5.41) is 3.91. The van der Waals surface area contributed by atoms with E-state index in [1.54, 1.807) is 6.07 Å². The van der Waals surface area contributed by atoms with Crippen LogP contribution in [0.3, 0.4) is 0 Å². The lowest BCUT2D eigenvalue weighted by Crippen LogP contribution is -2.34. The van der Waals surface area contributed by atoms with Crippen LogP contribution in [-0.4, -0.2) is 17.3 Å². The summed E-state index contributed by atoms with van der Waals surface area (Å²) in [6.07, 6.45) is 1.88. The number of furan rings is 1. The number of halogens is 1. The Labute approximate surface area is 105 Å². The van der Waals surface area contributed by atoms with Gasteiger partial charge in [-0.3, -0.25) is 4.79 Å². The molecule has 1 aromatic heterocycles. The van der Waals surface area contributed by atoms with E-state index in [-0.39, 0.29) is 11.9 Å². The van der Waals surface area contributed by atoms with Gasteiger partial charge in [0.1, 0.15) is 11.5 Å². The van der Waals surface area contributed by atoms with Crippen molar-refractivity contribution in [3.05, 3.63) is 23.2 Å². The molecule has 90 valence electrons. The molecular weight excluding hydrogens is 270 g/mol. The summed E-state index contributed by atoms with van der Waals surface area (Å²) in [5.74, 6) is 1.42.